The molecule has 28 heavy (non-hydrogen) atoms. The summed E-state index contributed by atoms with van der Waals surface area (Å²) in [7, 11) is -8.07. The van der Waals surface area contributed by atoms with Gasteiger partial charge in [-0.1, -0.05) is 24.3 Å². The first-order valence-electron chi connectivity index (χ1n) is 8.26. The highest BCUT2D eigenvalue weighted by Crippen LogP contribution is 2.31. The Balaban J connectivity index is 1.69. The van der Waals surface area contributed by atoms with Crippen LogP contribution in [0.25, 0.3) is 0 Å². The molecule has 0 aromatic heterocycles. The van der Waals surface area contributed by atoms with Crippen molar-refractivity contribution in [2.24, 2.45) is 0 Å². The van der Waals surface area contributed by atoms with Gasteiger partial charge in [0.1, 0.15) is 0 Å². The molecule has 1 N–H and O–H groups in total. The molecule has 0 saturated carbocycles. The topological polar surface area (TPSA) is 83.5 Å². The van der Waals surface area contributed by atoms with Gasteiger partial charge in [-0.3, -0.25) is 4.31 Å². The van der Waals surface area contributed by atoms with Crippen LogP contribution in [0.2, 0.25) is 0 Å². The zero-order valence-corrected chi connectivity index (χ0v) is 16.1. The molecule has 0 atom stereocenters. The third kappa shape index (κ3) is 4.31. The number of benzene rings is 2. The lowest BCUT2D eigenvalue weighted by Gasteiger charge is -2.19. The molecule has 0 saturated heterocycles. The quantitative estimate of drug-likeness (QED) is 0.757. The largest absolute Gasteiger partial charge is 0.416 e. The number of hydrogen-bond donors (Lipinski definition) is 1. The van der Waals surface area contributed by atoms with E-state index in [-0.39, 0.29) is 6.54 Å². The van der Waals surface area contributed by atoms with E-state index in [0.29, 0.717) is 18.2 Å². The minimum absolute atomic E-state index is 0.266. The summed E-state index contributed by atoms with van der Waals surface area (Å²) in [6.07, 6.45) is -4.12. The summed E-state index contributed by atoms with van der Waals surface area (Å²) >= 11 is 0. The SMILES string of the molecule is O=S(=O)(NCCS(=O)(=O)N1CCc2ccccc21)c1cccc(C(F)(F)F)c1. The van der Waals surface area contributed by atoms with Crippen molar-refractivity contribution in [3.63, 3.8) is 0 Å². The lowest BCUT2D eigenvalue weighted by molar-refractivity contribution is -0.137. The minimum atomic E-state index is -4.68. The van der Waals surface area contributed by atoms with Crippen LogP contribution in [0.1, 0.15) is 11.1 Å². The molecule has 1 aliphatic rings. The van der Waals surface area contributed by atoms with Crippen molar-refractivity contribution in [1.29, 1.82) is 0 Å². The van der Waals surface area contributed by atoms with Gasteiger partial charge in [0.15, 0.2) is 0 Å². The second kappa shape index (κ2) is 7.37. The van der Waals surface area contributed by atoms with Crippen LogP contribution in [0.15, 0.2) is 53.4 Å². The Bertz CT molecular complexity index is 1080. The Morgan fingerprint density at radius 2 is 1.71 bits per heavy atom. The molecule has 11 heteroatoms. The molecule has 0 fully saturated rings. The monoisotopic (exact) mass is 434 g/mol. The molecule has 2 aromatic rings. The zero-order valence-electron chi connectivity index (χ0n) is 14.5. The van der Waals surface area contributed by atoms with Gasteiger partial charge in [0.05, 0.1) is 21.9 Å². The molecule has 1 heterocycles. The zero-order chi connectivity index (χ0) is 20.6. The van der Waals surface area contributed by atoms with E-state index in [0.717, 1.165) is 23.8 Å². The number of nitrogens with zero attached hydrogens (tertiary/aromatic N) is 1. The highest BCUT2D eigenvalue weighted by Gasteiger charge is 2.32. The molecule has 6 nitrogen and oxygen atoms in total. The van der Waals surface area contributed by atoms with E-state index in [1.807, 2.05) is 6.07 Å². The van der Waals surface area contributed by atoms with E-state index in [1.54, 1.807) is 18.2 Å². The molecular formula is C17H17F3N2O4S2. The maximum atomic E-state index is 12.8. The minimum Gasteiger partial charge on any atom is -0.270 e. The standard InChI is InChI=1S/C17H17F3N2O4S2/c18-17(19,20)14-5-3-6-15(12-14)28(25,26)21-9-11-27(23,24)22-10-8-13-4-1-2-7-16(13)22/h1-7,12,21H,8-11H2. The number of fused-ring (bicyclic) bond motifs is 1. The molecule has 3 rings (SSSR count). The van der Waals surface area contributed by atoms with Crippen LogP contribution in [0.5, 0.6) is 0 Å². The fourth-order valence-electron chi connectivity index (χ4n) is 2.94. The van der Waals surface area contributed by atoms with Gasteiger partial charge >= 0.3 is 6.18 Å². The summed E-state index contributed by atoms with van der Waals surface area (Å²) in [5, 5.41) is 0. The third-order valence-corrected chi connectivity index (χ3v) is 7.53. The van der Waals surface area contributed by atoms with Crippen LogP contribution < -0.4 is 9.03 Å². The number of hydrogen-bond acceptors (Lipinski definition) is 4. The summed E-state index contributed by atoms with van der Waals surface area (Å²) < 4.78 is 91.1. The van der Waals surface area contributed by atoms with Crippen LogP contribution in [0.4, 0.5) is 18.9 Å². The van der Waals surface area contributed by atoms with Gasteiger partial charge in [-0.05, 0) is 36.2 Å². The van der Waals surface area contributed by atoms with E-state index < -0.39 is 49.0 Å². The normalized spacial score (nSPS) is 14.9. The van der Waals surface area contributed by atoms with E-state index in [9.17, 15) is 30.0 Å². The molecular weight excluding hydrogens is 417 g/mol. The first kappa shape index (κ1) is 20.6. The van der Waals surface area contributed by atoms with E-state index in [2.05, 4.69) is 4.72 Å². The third-order valence-electron chi connectivity index (χ3n) is 4.30. The first-order chi connectivity index (χ1) is 13.0. The predicted octanol–water partition coefficient (Wildman–Crippen LogP) is 2.38. The maximum Gasteiger partial charge on any atom is 0.416 e. The van der Waals surface area contributed by atoms with Crippen molar-refractivity contribution in [2.75, 3.05) is 23.1 Å². The average molecular weight is 434 g/mol. The van der Waals surface area contributed by atoms with Crippen molar-refractivity contribution in [3.8, 4) is 0 Å². The molecule has 1 aliphatic heterocycles. The second-order valence-corrected chi connectivity index (χ2v) is 9.97. The Morgan fingerprint density at radius 1 is 1.00 bits per heavy atom. The van der Waals surface area contributed by atoms with Crippen molar-refractivity contribution >= 4 is 25.7 Å². The van der Waals surface area contributed by atoms with Crippen molar-refractivity contribution < 1.29 is 30.0 Å². The van der Waals surface area contributed by atoms with Crippen LogP contribution in [-0.4, -0.2) is 35.7 Å². The number of para-hydroxylation sites is 1. The van der Waals surface area contributed by atoms with Gasteiger partial charge in [-0.15, -0.1) is 0 Å². The van der Waals surface area contributed by atoms with Crippen molar-refractivity contribution in [2.45, 2.75) is 17.5 Å². The summed E-state index contributed by atoms with van der Waals surface area (Å²) in [4.78, 5) is -0.578. The summed E-state index contributed by atoms with van der Waals surface area (Å²) in [5.74, 6) is -0.514. The van der Waals surface area contributed by atoms with E-state index in [4.69, 9.17) is 0 Å². The summed E-state index contributed by atoms with van der Waals surface area (Å²) in [6.45, 7) is -0.193. The molecule has 0 bridgehead atoms. The molecule has 0 amide bonds. The molecule has 0 aliphatic carbocycles. The Morgan fingerprint density at radius 3 is 2.43 bits per heavy atom. The van der Waals surface area contributed by atoms with Gasteiger partial charge < -0.3 is 0 Å². The van der Waals surface area contributed by atoms with E-state index >= 15 is 0 Å². The van der Waals surface area contributed by atoms with Gasteiger partial charge in [0, 0.05) is 13.1 Å². The smallest absolute Gasteiger partial charge is 0.270 e. The predicted molar refractivity (Wildman–Crippen MR) is 97.9 cm³/mol. The summed E-state index contributed by atoms with van der Waals surface area (Å²) in [5.41, 5.74) is 0.343. The van der Waals surface area contributed by atoms with Crippen molar-refractivity contribution in [3.05, 3.63) is 59.7 Å². The highest BCUT2D eigenvalue weighted by molar-refractivity contribution is 7.93. The number of rotatable bonds is 6. The highest BCUT2D eigenvalue weighted by atomic mass is 32.2. The molecule has 2 aromatic carbocycles. The van der Waals surface area contributed by atoms with Crippen LogP contribution >= 0.6 is 0 Å². The molecule has 152 valence electrons. The lowest BCUT2D eigenvalue weighted by atomic mass is 10.2. The average Bonchev–Trinajstić information content (AvgIpc) is 3.06. The summed E-state index contributed by atoms with van der Waals surface area (Å²) in [6, 6.07) is 10.3. The van der Waals surface area contributed by atoms with Gasteiger partial charge in [0.25, 0.3) is 0 Å². The number of alkyl halides is 3. The molecule has 0 spiro atoms. The number of halogens is 3. The Labute approximate surface area is 161 Å². The fraction of sp³-hybridized carbons (Fsp3) is 0.294. The fourth-order valence-corrected chi connectivity index (χ4v) is 5.57. The van der Waals surface area contributed by atoms with E-state index in [1.165, 1.54) is 4.31 Å². The molecule has 0 radical (unpaired) electrons. The number of nitrogens with one attached hydrogen (secondary N) is 1. The first-order valence-corrected chi connectivity index (χ1v) is 11.4. The number of sulfonamides is 2. The Kier molecular flexibility index (Phi) is 5.43. The van der Waals surface area contributed by atoms with Crippen LogP contribution in [0.3, 0.4) is 0 Å². The lowest BCUT2D eigenvalue weighted by Crippen LogP contribution is -2.37. The second-order valence-electron chi connectivity index (χ2n) is 6.19. The maximum absolute atomic E-state index is 12.8. The van der Waals surface area contributed by atoms with Gasteiger partial charge in [-0.25, -0.2) is 21.6 Å². The van der Waals surface area contributed by atoms with Crippen LogP contribution in [0, 0.1) is 0 Å². The van der Waals surface area contributed by atoms with Gasteiger partial charge in [-0.2, -0.15) is 13.2 Å². The molecule has 0 unspecified atom stereocenters. The Hall–Kier alpha value is -2.11. The van der Waals surface area contributed by atoms with Crippen molar-refractivity contribution in [1.82, 2.24) is 4.72 Å². The number of anilines is 1. The van der Waals surface area contributed by atoms with Crippen LogP contribution in [-0.2, 0) is 32.6 Å². The van der Waals surface area contributed by atoms with Gasteiger partial charge in [0.2, 0.25) is 20.0 Å².